The first-order valence-corrected chi connectivity index (χ1v) is 6.11. The van der Waals surface area contributed by atoms with Crippen LogP contribution in [0.4, 0.5) is 5.69 Å². The van der Waals surface area contributed by atoms with Crippen molar-refractivity contribution in [1.82, 2.24) is 0 Å². The molecule has 0 fully saturated rings. The number of ether oxygens (including phenoxy) is 1. The Morgan fingerprint density at radius 3 is 2.44 bits per heavy atom. The van der Waals surface area contributed by atoms with Crippen LogP contribution in [0.15, 0.2) is 46.9 Å². The number of nitrogens with zero attached hydrogens (tertiary/aromatic N) is 1. The molecule has 0 aliphatic rings. The predicted octanol–water partition coefficient (Wildman–Crippen LogP) is 4.80. The number of nitro groups is 1. The molecule has 0 N–H and O–H groups in total. The molecule has 0 unspecified atom stereocenters. The third-order valence-electron chi connectivity index (χ3n) is 2.17. The second-order valence-electron chi connectivity index (χ2n) is 3.43. The molecular formula is C12H7BrClNO3. The van der Waals surface area contributed by atoms with Crippen molar-refractivity contribution >= 4 is 33.2 Å². The molecule has 0 spiro atoms. The molecule has 0 atom stereocenters. The summed E-state index contributed by atoms with van der Waals surface area (Å²) in [6.45, 7) is 0. The highest BCUT2D eigenvalue weighted by atomic mass is 79.9. The summed E-state index contributed by atoms with van der Waals surface area (Å²) in [6.07, 6.45) is 0. The van der Waals surface area contributed by atoms with Gasteiger partial charge < -0.3 is 4.74 Å². The van der Waals surface area contributed by atoms with Gasteiger partial charge in [0.2, 0.25) is 0 Å². The SMILES string of the molecule is O=[N+]([O-])c1ccc(Oc2cc(Cl)ccc2Br)cc1. The van der Waals surface area contributed by atoms with Crippen LogP contribution in [0.5, 0.6) is 11.5 Å². The van der Waals surface area contributed by atoms with Gasteiger partial charge in [0, 0.05) is 23.2 Å². The first-order chi connectivity index (χ1) is 8.56. The maximum atomic E-state index is 10.5. The highest BCUT2D eigenvalue weighted by Crippen LogP contribution is 2.32. The lowest BCUT2D eigenvalue weighted by atomic mass is 10.3. The third kappa shape index (κ3) is 3.00. The van der Waals surface area contributed by atoms with Crippen molar-refractivity contribution in [1.29, 1.82) is 0 Å². The Morgan fingerprint density at radius 1 is 1.17 bits per heavy atom. The monoisotopic (exact) mass is 327 g/mol. The van der Waals surface area contributed by atoms with Gasteiger partial charge in [-0.15, -0.1) is 0 Å². The quantitative estimate of drug-likeness (QED) is 0.600. The summed E-state index contributed by atoms with van der Waals surface area (Å²) in [7, 11) is 0. The molecule has 0 aliphatic heterocycles. The maximum Gasteiger partial charge on any atom is 0.269 e. The second-order valence-corrected chi connectivity index (χ2v) is 4.72. The molecule has 4 nitrogen and oxygen atoms in total. The van der Waals surface area contributed by atoms with Gasteiger partial charge in [0.1, 0.15) is 11.5 Å². The van der Waals surface area contributed by atoms with E-state index in [0.29, 0.717) is 16.5 Å². The lowest BCUT2D eigenvalue weighted by Crippen LogP contribution is -1.89. The van der Waals surface area contributed by atoms with E-state index in [9.17, 15) is 10.1 Å². The molecule has 0 aliphatic carbocycles. The number of hydrogen-bond acceptors (Lipinski definition) is 3. The highest BCUT2D eigenvalue weighted by molar-refractivity contribution is 9.10. The average Bonchev–Trinajstić information content (AvgIpc) is 2.34. The number of benzene rings is 2. The summed E-state index contributed by atoms with van der Waals surface area (Å²) in [5.74, 6) is 1.06. The smallest absolute Gasteiger partial charge is 0.269 e. The van der Waals surface area contributed by atoms with Crippen LogP contribution in [0.3, 0.4) is 0 Å². The Labute approximate surface area is 116 Å². The van der Waals surface area contributed by atoms with E-state index in [1.807, 2.05) is 0 Å². The lowest BCUT2D eigenvalue weighted by Gasteiger charge is -2.07. The summed E-state index contributed by atoms with van der Waals surface area (Å²) < 4.78 is 6.33. The molecule has 0 heterocycles. The molecule has 0 amide bonds. The Morgan fingerprint density at radius 2 is 1.83 bits per heavy atom. The van der Waals surface area contributed by atoms with Gasteiger partial charge in [-0.05, 0) is 40.2 Å². The van der Waals surface area contributed by atoms with E-state index in [1.165, 1.54) is 24.3 Å². The van der Waals surface area contributed by atoms with Crippen LogP contribution in [0, 0.1) is 10.1 Å². The van der Waals surface area contributed by atoms with E-state index in [0.717, 1.165) is 4.47 Å². The molecule has 0 bridgehead atoms. The van der Waals surface area contributed by atoms with Gasteiger partial charge in [-0.2, -0.15) is 0 Å². The lowest BCUT2D eigenvalue weighted by molar-refractivity contribution is -0.384. The third-order valence-corrected chi connectivity index (χ3v) is 3.06. The topological polar surface area (TPSA) is 52.4 Å². The van der Waals surface area contributed by atoms with Crippen molar-refractivity contribution in [3.8, 4) is 11.5 Å². The molecule has 0 saturated heterocycles. The van der Waals surface area contributed by atoms with Gasteiger partial charge in [-0.1, -0.05) is 11.6 Å². The molecule has 0 saturated carbocycles. The minimum Gasteiger partial charge on any atom is -0.456 e. The van der Waals surface area contributed by atoms with E-state index < -0.39 is 4.92 Å². The fraction of sp³-hybridized carbons (Fsp3) is 0. The molecule has 0 radical (unpaired) electrons. The number of nitro benzene ring substituents is 1. The van der Waals surface area contributed by atoms with Crippen LogP contribution < -0.4 is 4.74 Å². The summed E-state index contributed by atoms with van der Waals surface area (Å²) in [5.41, 5.74) is 0.0208. The zero-order valence-corrected chi connectivity index (χ0v) is 11.3. The standard InChI is InChI=1S/C12H7BrClNO3/c13-11-6-1-8(14)7-12(11)18-10-4-2-9(3-5-10)15(16)17/h1-7H. The maximum absolute atomic E-state index is 10.5. The summed E-state index contributed by atoms with van der Waals surface area (Å²) >= 11 is 9.19. The van der Waals surface area contributed by atoms with Gasteiger partial charge in [-0.25, -0.2) is 0 Å². The van der Waals surface area contributed by atoms with Gasteiger partial charge in [-0.3, -0.25) is 10.1 Å². The van der Waals surface area contributed by atoms with Crippen molar-refractivity contribution in [3.63, 3.8) is 0 Å². The second kappa shape index (κ2) is 5.37. The molecule has 2 rings (SSSR count). The van der Waals surface area contributed by atoms with E-state index in [-0.39, 0.29) is 5.69 Å². The first kappa shape index (κ1) is 12.9. The van der Waals surface area contributed by atoms with Gasteiger partial charge in [0.15, 0.2) is 0 Å². The van der Waals surface area contributed by atoms with E-state index in [2.05, 4.69) is 15.9 Å². The zero-order chi connectivity index (χ0) is 13.1. The van der Waals surface area contributed by atoms with Gasteiger partial charge in [0.25, 0.3) is 5.69 Å². The fourth-order valence-electron chi connectivity index (χ4n) is 1.32. The number of hydrogen-bond donors (Lipinski definition) is 0. The largest absolute Gasteiger partial charge is 0.456 e. The Bertz CT molecular complexity index is 586. The first-order valence-electron chi connectivity index (χ1n) is 4.93. The number of rotatable bonds is 3. The molecule has 2 aromatic rings. The van der Waals surface area contributed by atoms with Crippen LogP contribution in [-0.2, 0) is 0 Å². The van der Waals surface area contributed by atoms with Crippen LogP contribution >= 0.6 is 27.5 Å². The predicted molar refractivity (Wildman–Crippen MR) is 72.3 cm³/mol. The molecular weight excluding hydrogens is 321 g/mol. The van der Waals surface area contributed by atoms with E-state index >= 15 is 0 Å². The van der Waals surface area contributed by atoms with Gasteiger partial charge >= 0.3 is 0 Å². The van der Waals surface area contributed by atoms with E-state index in [4.69, 9.17) is 16.3 Å². The minimum absolute atomic E-state index is 0.0208. The Kier molecular flexibility index (Phi) is 3.84. The molecule has 18 heavy (non-hydrogen) atoms. The van der Waals surface area contributed by atoms with Crippen LogP contribution in [-0.4, -0.2) is 4.92 Å². The number of halogens is 2. The van der Waals surface area contributed by atoms with Crippen molar-refractivity contribution in [3.05, 3.63) is 62.1 Å². The Hall–Kier alpha value is -1.59. The van der Waals surface area contributed by atoms with Crippen molar-refractivity contribution in [2.45, 2.75) is 0 Å². The normalized spacial score (nSPS) is 10.1. The fourth-order valence-corrected chi connectivity index (χ4v) is 1.81. The molecule has 92 valence electrons. The Balaban J connectivity index is 2.23. The van der Waals surface area contributed by atoms with Crippen molar-refractivity contribution < 1.29 is 9.66 Å². The highest BCUT2D eigenvalue weighted by Gasteiger charge is 2.07. The van der Waals surface area contributed by atoms with E-state index in [1.54, 1.807) is 18.2 Å². The van der Waals surface area contributed by atoms with Crippen LogP contribution in [0.25, 0.3) is 0 Å². The average molecular weight is 329 g/mol. The molecule has 2 aromatic carbocycles. The zero-order valence-electron chi connectivity index (χ0n) is 8.97. The molecule has 6 heteroatoms. The summed E-state index contributed by atoms with van der Waals surface area (Å²) in [6, 6.07) is 11.0. The van der Waals surface area contributed by atoms with Crippen LogP contribution in [0.2, 0.25) is 5.02 Å². The molecule has 0 aromatic heterocycles. The minimum atomic E-state index is -0.459. The van der Waals surface area contributed by atoms with Crippen molar-refractivity contribution in [2.75, 3.05) is 0 Å². The number of non-ortho nitro benzene ring substituents is 1. The van der Waals surface area contributed by atoms with Crippen molar-refractivity contribution in [2.24, 2.45) is 0 Å². The summed E-state index contributed by atoms with van der Waals surface area (Å²) in [4.78, 5) is 10.0. The van der Waals surface area contributed by atoms with Gasteiger partial charge in [0.05, 0.1) is 9.40 Å². The van der Waals surface area contributed by atoms with Crippen LogP contribution in [0.1, 0.15) is 0 Å². The summed E-state index contributed by atoms with van der Waals surface area (Å²) in [5, 5.41) is 11.1.